The lowest BCUT2D eigenvalue weighted by Gasteiger charge is -2.17. The number of hydrogen-bond donors (Lipinski definition) is 2. The number of pyridine rings is 1. The summed E-state index contributed by atoms with van der Waals surface area (Å²) in [5, 5.41) is 11.2. The first-order valence-electron chi connectivity index (χ1n) is 10.2. The molecule has 0 aliphatic carbocycles. The summed E-state index contributed by atoms with van der Waals surface area (Å²) in [6, 6.07) is 8.42. The minimum atomic E-state index is -0.124. The molecule has 4 rings (SSSR count). The standard InChI is InChI=1S/C22H27N5O/c1-3-17(4-2)24-22(28)21-19-12-15(7-8-20(19)25-26-21)16-11-18(14-23-13-16)27-9-5-6-10-27/h7-8,11-14,17H,3-6,9-10H2,1-2H3,(H,24,28)(H,25,26). The van der Waals surface area contributed by atoms with Crippen molar-refractivity contribution in [2.45, 2.75) is 45.6 Å². The maximum Gasteiger partial charge on any atom is 0.272 e. The zero-order valence-corrected chi connectivity index (χ0v) is 16.5. The number of anilines is 1. The van der Waals surface area contributed by atoms with Crippen LogP contribution in [-0.2, 0) is 0 Å². The summed E-state index contributed by atoms with van der Waals surface area (Å²) >= 11 is 0. The summed E-state index contributed by atoms with van der Waals surface area (Å²) in [6.45, 7) is 6.34. The Balaban J connectivity index is 1.66. The van der Waals surface area contributed by atoms with E-state index in [0.717, 1.165) is 53.6 Å². The van der Waals surface area contributed by atoms with Gasteiger partial charge in [-0.3, -0.25) is 14.9 Å². The largest absolute Gasteiger partial charge is 0.370 e. The minimum Gasteiger partial charge on any atom is -0.370 e. The van der Waals surface area contributed by atoms with Crippen LogP contribution >= 0.6 is 0 Å². The van der Waals surface area contributed by atoms with Gasteiger partial charge < -0.3 is 10.2 Å². The van der Waals surface area contributed by atoms with E-state index in [1.807, 2.05) is 30.6 Å². The molecule has 0 atom stereocenters. The van der Waals surface area contributed by atoms with Gasteiger partial charge in [-0.05, 0) is 49.4 Å². The number of carbonyl (C=O) groups excluding carboxylic acids is 1. The molecule has 6 heteroatoms. The normalized spacial score (nSPS) is 14.2. The molecule has 6 nitrogen and oxygen atoms in total. The van der Waals surface area contributed by atoms with E-state index in [-0.39, 0.29) is 11.9 Å². The SMILES string of the molecule is CCC(CC)NC(=O)c1n[nH]c2ccc(-c3cncc(N4CCCC4)c3)cc12. The third-order valence-electron chi connectivity index (χ3n) is 5.63. The molecule has 3 aromatic rings. The highest BCUT2D eigenvalue weighted by Gasteiger charge is 2.18. The topological polar surface area (TPSA) is 73.9 Å². The van der Waals surface area contributed by atoms with Gasteiger partial charge in [-0.1, -0.05) is 19.9 Å². The maximum absolute atomic E-state index is 12.7. The molecule has 1 saturated heterocycles. The number of benzene rings is 1. The Kier molecular flexibility index (Phi) is 5.28. The summed E-state index contributed by atoms with van der Waals surface area (Å²) in [5.41, 5.74) is 4.57. The summed E-state index contributed by atoms with van der Waals surface area (Å²) in [4.78, 5) is 19.5. The van der Waals surface area contributed by atoms with E-state index >= 15 is 0 Å². The first-order valence-corrected chi connectivity index (χ1v) is 10.2. The second kappa shape index (κ2) is 8.00. The first kappa shape index (κ1) is 18.5. The molecule has 2 N–H and O–H groups in total. The fourth-order valence-corrected chi connectivity index (χ4v) is 3.85. The van der Waals surface area contributed by atoms with Crippen LogP contribution in [0.25, 0.3) is 22.0 Å². The Labute approximate surface area is 165 Å². The van der Waals surface area contributed by atoms with Crippen LogP contribution in [0.15, 0.2) is 36.7 Å². The van der Waals surface area contributed by atoms with Crippen LogP contribution in [-0.4, -0.2) is 40.2 Å². The molecule has 0 spiro atoms. The number of nitrogens with zero attached hydrogens (tertiary/aromatic N) is 3. The van der Waals surface area contributed by atoms with Gasteiger partial charge in [-0.2, -0.15) is 5.10 Å². The molecule has 0 radical (unpaired) electrons. The fourth-order valence-electron chi connectivity index (χ4n) is 3.85. The maximum atomic E-state index is 12.7. The average molecular weight is 377 g/mol. The highest BCUT2D eigenvalue weighted by atomic mass is 16.2. The molecule has 1 aliphatic rings. The van der Waals surface area contributed by atoms with Gasteiger partial charge in [-0.25, -0.2) is 0 Å². The van der Waals surface area contributed by atoms with Gasteiger partial charge in [0.25, 0.3) is 5.91 Å². The van der Waals surface area contributed by atoms with Crippen LogP contribution in [0.4, 0.5) is 5.69 Å². The van der Waals surface area contributed by atoms with Crippen molar-refractivity contribution in [3.05, 3.63) is 42.4 Å². The van der Waals surface area contributed by atoms with Gasteiger partial charge in [-0.15, -0.1) is 0 Å². The number of rotatable bonds is 6. The zero-order chi connectivity index (χ0) is 19.5. The van der Waals surface area contributed by atoms with E-state index in [9.17, 15) is 4.79 Å². The third kappa shape index (κ3) is 3.59. The van der Waals surface area contributed by atoms with Gasteiger partial charge in [0, 0.05) is 36.3 Å². The molecule has 146 valence electrons. The van der Waals surface area contributed by atoms with E-state index in [2.05, 4.69) is 45.3 Å². The molecular weight excluding hydrogens is 350 g/mol. The number of amides is 1. The monoisotopic (exact) mass is 377 g/mol. The molecule has 1 aromatic carbocycles. The number of carbonyl (C=O) groups is 1. The average Bonchev–Trinajstić information content (AvgIpc) is 3.41. The number of aromatic nitrogens is 3. The van der Waals surface area contributed by atoms with Crippen molar-refractivity contribution in [3.63, 3.8) is 0 Å². The molecule has 1 fully saturated rings. The van der Waals surface area contributed by atoms with E-state index in [0.29, 0.717) is 5.69 Å². The van der Waals surface area contributed by atoms with E-state index < -0.39 is 0 Å². The van der Waals surface area contributed by atoms with Crippen molar-refractivity contribution < 1.29 is 4.79 Å². The number of H-pyrrole nitrogens is 1. The summed E-state index contributed by atoms with van der Waals surface area (Å²) in [7, 11) is 0. The second-order valence-electron chi connectivity index (χ2n) is 7.45. The molecule has 1 aliphatic heterocycles. The number of nitrogens with one attached hydrogen (secondary N) is 2. The van der Waals surface area contributed by atoms with E-state index in [4.69, 9.17) is 0 Å². The van der Waals surface area contributed by atoms with Crippen LogP contribution < -0.4 is 10.2 Å². The predicted octanol–water partition coefficient (Wildman–Crippen LogP) is 4.14. The van der Waals surface area contributed by atoms with Crippen molar-refractivity contribution in [2.24, 2.45) is 0 Å². The van der Waals surface area contributed by atoms with Gasteiger partial charge in [0.15, 0.2) is 5.69 Å². The summed E-state index contributed by atoms with van der Waals surface area (Å²) in [5.74, 6) is -0.124. The molecule has 0 unspecified atom stereocenters. The molecule has 0 saturated carbocycles. The highest BCUT2D eigenvalue weighted by molar-refractivity contribution is 6.05. The van der Waals surface area contributed by atoms with Crippen LogP contribution in [0, 0.1) is 0 Å². The molecule has 0 bridgehead atoms. The lowest BCUT2D eigenvalue weighted by atomic mass is 10.0. The van der Waals surface area contributed by atoms with Gasteiger partial charge in [0.05, 0.1) is 17.4 Å². The van der Waals surface area contributed by atoms with Gasteiger partial charge in [0.1, 0.15) is 0 Å². The summed E-state index contributed by atoms with van der Waals surface area (Å²) < 4.78 is 0. The van der Waals surface area contributed by atoms with Crippen molar-refractivity contribution in [1.29, 1.82) is 0 Å². The first-order chi connectivity index (χ1) is 13.7. The Bertz CT molecular complexity index is 970. The van der Waals surface area contributed by atoms with E-state index in [1.54, 1.807) is 0 Å². The van der Waals surface area contributed by atoms with Crippen LogP contribution in [0.2, 0.25) is 0 Å². The van der Waals surface area contributed by atoms with Crippen LogP contribution in [0.3, 0.4) is 0 Å². The third-order valence-corrected chi connectivity index (χ3v) is 5.63. The van der Waals surface area contributed by atoms with Crippen molar-refractivity contribution in [3.8, 4) is 11.1 Å². The van der Waals surface area contributed by atoms with Crippen molar-refractivity contribution in [2.75, 3.05) is 18.0 Å². The molecular formula is C22H27N5O. The van der Waals surface area contributed by atoms with Crippen molar-refractivity contribution in [1.82, 2.24) is 20.5 Å². The van der Waals surface area contributed by atoms with Crippen LogP contribution in [0.5, 0.6) is 0 Å². The van der Waals surface area contributed by atoms with Gasteiger partial charge >= 0.3 is 0 Å². The minimum absolute atomic E-state index is 0.124. The zero-order valence-electron chi connectivity index (χ0n) is 16.5. The Hall–Kier alpha value is -2.89. The number of fused-ring (bicyclic) bond motifs is 1. The number of hydrogen-bond acceptors (Lipinski definition) is 4. The Morgan fingerprint density at radius 2 is 1.93 bits per heavy atom. The van der Waals surface area contributed by atoms with Gasteiger partial charge in [0.2, 0.25) is 0 Å². The molecule has 3 heterocycles. The molecule has 2 aromatic heterocycles. The second-order valence-corrected chi connectivity index (χ2v) is 7.45. The fraction of sp³-hybridized carbons (Fsp3) is 0.409. The molecule has 1 amide bonds. The Morgan fingerprint density at radius 3 is 2.68 bits per heavy atom. The predicted molar refractivity (Wildman–Crippen MR) is 113 cm³/mol. The summed E-state index contributed by atoms with van der Waals surface area (Å²) in [6.07, 6.45) is 8.10. The van der Waals surface area contributed by atoms with Crippen LogP contribution in [0.1, 0.15) is 50.0 Å². The number of aromatic amines is 1. The lowest BCUT2D eigenvalue weighted by molar-refractivity contribution is 0.0931. The molecule has 28 heavy (non-hydrogen) atoms. The Morgan fingerprint density at radius 1 is 1.14 bits per heavy atom. The highest BCUT2D eigenvalue weighted by Crippen LogP contribution is 2.28. The van der Waals surface area contributed by atoms with E-state index in [1.165, 1.54) is 12.8 Å². The quantitative estimate of drug-likeness (QED) is 0.677. The smallest absolute Gasteiger partial charge is 0.272 e. The lowest BCUT2D eigenvalue weighted by Crippen LogP contribution is -2.34. The van der Waals surface area contributed by atoms with Crippen molar-refractivity contribution >= 4 is 22.5 Å².